The van der Waals surface area contributed by atoms with Gasteiger partial charge in [-0.2, -0.15) is 0 Å². The number of hydrogen-bond donors (Lipinski definition) is 0. The predicted molar refractivity (Wildman–Crippen MR) is 45.1 cm³/mol. The van der Waals surface area contributed by atoms with Gasteiger partial charge in [-0.25, -0.2) is 4.58 Å². The van der Waals surface area contributed by atoms with Gasteiger partial charge < -0.3 is 4.74 Å². The first-order valence-corrected chi connectivity index (χ1v) is 4.49. The summed E-state index contributed by atoms with van der Waals surface area (Å²) in [6.07, 6.45) is 1.89. The van der Waals surface area contributed by atoms with Gasteiger partial charge in [0.15, 0.2) is 17.8 Å². The van der Waals surface area contributed by atoms with Crippen molar-refractivity contribution in [2.45, 2.75) is 13.0 Å². The lowest BCUT2D eigenvalue weighted by atomic mass is 10.4. The molecule has 1 heterocycles. The van der Waals surface area contributed by atoms with Gasteiger partial charge in [0.2, 0.25) is 0 Å². The van der Waals surface area contributed by atoms with Gasteiger partial charge in [0.1, 0.15) is 7.05 Å². The minimum atomic E-state index is 0.156. The first-order valence-electron chi connectivity index (χ1n) is 3.51. The molecule has 0 radical (unpaired) electrons. The zero-order valence-corrected chi connectivity index (χ0v) is 7.56. The third kappa shape index (κ3) is 2.93. The predicted octanol–water partition coefficient (Wildman–Crippen LogP) is 0.335. The van der Waals surface area contributed by atoms with E-state index in [1.54, 1.807) is 13.3 Å². The summed E-state index contributed by atoms with van der Waals surface area (Å²) >= 11 is 1.32. The van der Waals surface area contributed by atoms with Crippen LogP contribution >= 0.6 is 11.8 Å². The van der Waals surface area contributed by atoms with Crippen LogP contribution in [0.15, 0.2) is 0 Å². The molecule has 1 rings (SSSR count). The summed E-state index contributed by atoms with van der Waals surface area (Å²) in [5.74, 6) is 0.760. The zero-order chi connectivity index (χ0) is 8.27. The standard InChI is InChI=1S/C7H12NO2S/c1-6(9)11-4-7-3-8(2)5-10-7/h5,7H,3-4H2,1-2H3/q+1. The molecule has 0 aliphatic carbocycles. The highest BCUT2D eigenvalue weighted by molar-refractivity contribution is 8.13. The smallest absolute Gasteiger partial charge is 0.324 e. The van der Waals surface area contributed by atoms with E-state index in [1.165, 1.54) is 11.8 Å². The molecule has 0 saturated heterocycles. The van der Waals surface area contributed by atoms with Gasteiger partial charge in [-0.3, -0.25) is 4.79 Å². The lowest BCUT2D eigenvalue weighted by Crippen LogP contribution is -2.18. The minimum absolute atomic E-state index is 0.156. The highest BCUT2D eigenvalue weighted by atomic mass is 32.2. The monoisotopic (exact) mass is 174 g/mol. The Bertz CT molecular complexity index is 191. The lowest BCUT2D eigenvalue weighted by Gasteiger charge is -2.02. The SMILES string of the molecule is CC(=O)SCC1C[N+](C)=CO1. The van der Waals surface area contributed by atoms with Crippen molar-refractivity contribution in [3.63, 3.8) is 0 Å². The molecule has 4 heteroatoms. The van der Waals surface area contributed by atoms with Crippen molar-refractivity contribution in [1.82, 2.24) is 0 Å². The van der Waals surface area contributed by atoms with Crippen molar-refractivity contribution >= 4 is 23.3 Å². The molecular weight excluding hydrogens is 162 g/mol. The number of nitrogens with zero attached hydrogens (tertiary/aromatic N) is 1. The van der Waals surface area contributed by atoms with E-state index in [0.717, 1.165) is 12.3 Å². The van der Waals surface area contributed by atoms with Crippen molar-refractivity contribution in [1.29, 1.82) is 0 Å². The highest BCUT2D eigenvalue weighted by Gasteiger charge is 2.21. The van der Waals surface area contributed by atoms with Gasteiger partial charge in [-0.15, -0.1) is 0 Å². The fraction of sp³-hybridized carbons (Fsp3) is 0.714. The second kappa shape index (κ2) is 3.76. The summed E-state index contributed by atoms with van der Waals surface area (Å²) < 4.78 is 7.22. The van der Waals surface area contributed by atoms with E-state index in [0.29, 0.717) is 0 Å². The van der Waals surface area contributed by atoms with E-state index < -0.39 is 0 Å². The van der Waals surface area contributed by atoms with Crippen molar-refractivity contribution in [2.75, 3.05) is 19.3 Å². The quantitative estimate of drug-likeness (QED) is 0.565. The minimum Gasteiger partial charge on any atom is -0.439 e. The fourth-order valence-corrected chi connectivity index (χ4v) is 1.50. The highest BCUT2D eigenvalue weighted by Crippen LogP contribution is 2.08. The number of likely N-dealkylation sites (N-methyl/N-ethyl adjacent to an activating group) is 1. The van der Waals surface area contributed by atoms with Gasteiger partial charge in [-0.1, -0.05) is 11.8 Å². The summed E-state index contributed by atoms with van der Waals surface area (Å²) in [6, 6.07) is 0. The Morgan fingerprint density at radius 1 is 1.91 bits per heavy atom. The van der Waals surface area contributed by atoms with E-state index in [9.17, 15) is 4.79 Å². The van der Waals surface area contributed by atoms with E-state index in [1.807, 2.05) is 11.6 Å². The Kier molecular flexibility index (Phi) is 2.93. The van der Waals surface area contributed by atoms with E-state index in [4.69, 9.17) is 4.74 Å². The number of thioether (sulfide) groups is 1. The normalized spacial score (nSPS) is 22.7. The molecule has 0 fully saturated rings. The molecule has 0 aromatic carbocycles. The second-order valence-electron chi connectivity index (χ2n) is 2.61. The first kappa shape index (κ1) is 8.59. The van der Waals surface area contributed by atoms with Crippen LogP contribution in [-0.2, 0) is 9.53 Å². The summed E-state index contributed by atoms with van der Waals surface area (Å²) in [4.78, 5) is 10.6. The summed E-state index contributed by atoms with van der Waals surface area (Å²) in [5, 5.41) is 0.156. The van der Waals surface area contributed by atoms with Crippen LogP contribution in [0.2, 0.25) is 0 Å². The van der Waals surface area contributed by atoms with E-state index in [-0.39, 0.29) is 11.2 Å². The van der Waals surface area contributed by atoms with Crippen LogP contribution < -0.4 is 0 Å². The molecule has 1 aliphatic heterocycles. The molecule has 0 amide bonds. The average Bonchev–Trinajstić information content (AvgIpc) is 2.31. The Hall–Kier alpha value is -0.510. The molecular formula is C7H12NO2S+. The summed E-state index contributed by atoms with van der Waals surface area (Å²) in [6.45, 7) is 2.47. The van der Waals surface area contributed by atoms with Crippen molar-refractivity contribution in [2.24, 2.45) is 0 Å². The van der Waals surface area contributed by atoms with Gasteiger partial charge in [0.25, 0.3) is 0 Å². The van der Waals surface area contributed by atoms with Crippen molar-refractivity contribution in [3.05, 3.63) is 0 Å². The van der Waals surface area contributed by atoms with E-state index in [2.05, 4.69) is 0 Å². The second-order valence-corrected chi connectivity index (χ2v) is 3.80. The molecule has 62 valence electrons. The molecule has 0 aromatic rings. The van der Waals surface area contributed by atoms with Crippen molar-refractivity contribution in [3.8, 4) is 0 Å². The molecule has 0 N–H and O–H groups in total. The molecule has 11 heavy (non-hydrogen) atoms. The molecule has 0 saturated carbocycles. The zero-order valence-electron chi connectivity index (χ0n) is 6.74. The maximum atomic E-state index is 10.6. The van der Waals surface area contributed by atoms with Gasteiger partial charge in [0.05, 0.1) is 0 Å². The number of carbonyl (C=O) groups excluding carboxylic acids is 1. The van der Waals surface area contributed by atoms with Crippen LogP contribution in [-0.4, -0.2) is 41.5 Å². The Labute approximate surface area is 70.4 Å². The number of ether oxygens (including phenoxy) is 1. The number of rotatable bonds is 2. The van der Waals surface area contributed by atoms with E-state index >= 15 is 0 Å². The first-order chi connectivity index (χ1) is 5.18. The Morgan fingerprint density at radius 3 is 3.09 bits per heavy atom. The molecule has 1 unspecified atom stereocenters. The Morgan fingerprint density at radius 2 is 2.64 bits per heavy atom. The van der Waals surface area contributed by atoms with Crippen LogP contribution in [0.4, 0.5) is 0 Å². The summed E-state index contributed by atoms with van der Waals surface area (Å²) in [7, 11) is 1.96. The number of carbonyl (C=O) groups is 1. The largest absolute Gasteiger partial charge is 0.439 e. The average molecular weight is 174 g/mol. The molecule has 1 atom stereocenters. The maximum absolute atomic E-state index is 10.6. The lowest BCUT2D eigenvalue weighted by molar-refractivity contribution is -0.485. The molecule has 3 nitrogen and oxygen atoms in total. The van der Waals surface area contributed by atoms with Gasteiger partial charge in [-0.05, 0) is 0 Å². The number of hydrogen-bond acceptors (Lipinski definition) is 3. The molecule has 0 bridgehead atoms. The third-order valence-corrected chi connectivity index (χ3v) is 2.34. The topological polar surface area (TPSA) is 29.3 Å². The van der Waals surface area contributed by atoms with Crippen LogP contribution in [0.25, 0.3) is 0 Å². The third-order valence-electron chi connectivity index (χ3n) is 1.40. The van der Waals surface area contributed by atoms with Crippen molar-refractivity contribution < 1.29 is 14.1 Å². The summed E-state index contributed by atoms with van der Waals surface area (Å²) in [5.41, 5.74) is 0. The van der Waals surface area contributed by atoms with Crippen LogP contribution in [0.5, 0.6) is 0 Å². The Balaban J connectivity index is 2.16. The fourth-order valence-electron chi connectivity index (χ4n) is 0.900. The van der Waals surface area contributed by atoms with Gasteiger partial charge >= 0.3 is 6.40 Å². The molecule has 1 aliphatic rings. The molecule has 0 aromatic heterocycles. The maximum Gasteiger partial charge on any atom is 0.324 e. The van der Waals surface area contributed by atoms with Crippen LogP contribution in [0.3, 0.4) is 0 Å². The van der Waals surface area contributed by atoms with Crippen LogP contribution in [0.1, 0.15) is 6.92 Å². The molecule has 0 spiro atoms. The van der Waals surface area contributed by atoms with Gasteiger partial charge in [0, 0.05) is 12.7 Å². The van der Waals surface area contributed by atoms with Crippen LogP contribution in [0, 0.1) is 0 Å².